The predicted molar refractivity (Wildman–Crippen MR) is 152 cm³/mol. The molecule has 9 nitrogen and oxygen atoms in total. The van der Waals surface area contributed by atoms with Crippen LogP contribution >= 0.6 is 0 Å². The number of alkyl halides is 2. The molecule has 1 aliphatic heterocycles. The minimum atomic E-state index is -2.76. The number of halogens is 2. The summed E-state index contributed by atoms with van der Waals surface area (Å²) < 4.78 is 35.4. The van der Waals surface area contributed by atoms with Crippen molar-refractivity contribution in [2.24, 2.45) is 5.92 Å². The molecule has 1 saturated heterocycles. The fraction of sp³-hybridized carbons (Fsp3) is 0.621. The van der Waals surface area contributed by atoms with Gasteiger partial charge in [0.05, 0.1) is 35.9 Å². The summed E-state index contributed by atoms with van der Waals surface area (Å²) in [6, 6.07) is 9.38. The second-order valence-electron chi connectivity index (χ2n) is 11.8. The number of aliphatic hydroxyl groups is 1. The largest absolute Gasteiger partial charge is 0.389 e. The second kappa shape index (κ2) is 11.9. The number of rotatable bonds is 9. The van der Waals surface area contributed by atoms with Gasteiger partial charge >= 0.3 is 0 Å². The van der Waals surface area contributed by atoms with Gasteiger partial charge in [0.25, 0.3) is 6.43 Å². The molecule has 11 heteroatoms. The van der Waals surface area contributed by atoms with Gasteiger partial charge in [0.2, 0.25) is 5.95 Å². The molecule has 0 amide bonds. The van der Waals surface area contributed by atoms with E-state index < -0.39 is 12.0 Å². The number of imidazole rings is 1. The van der Waals surface area contributed by atoms with Gasteiger partial charge in [0.1, 0.15) is 11.6 Å². The molecule has 2 aliphatic rings. The van der Waals surface area contributed by atoms with Gasteiger partial charge in [-0.3, -0.25) is 4.57 Å². The maximum absolute atomic E-state index is 14.1. The zero-order chi connectivity index (χ0) is 28.4. The Labute approximate surface area is 234 Å². The van der Waals surface area contributed by atoms with E-state index in [-0.39, 0.29) is 17.9 Å². The van der Waals surface area contributed by atoms with Gasteiger partial charge in [-0.1, -0.05) is 12.1 Å². The van der Waals surface area contributed by atoms with E-state index in [9.17, 15) is 13.9 Å². The number of aromatic nitrogens is 4. The number of anilines is 2. The highest BCUT2D eigenvalue weighted by Crippen LogP contribution is 2.31. The van der Waals surface area contributed by atoms with E-state index in [1.54, 1.807) is 24.3 Å². The maximum atomic E-state index is 14.1. The van der Waals surface area contributed by atoms with Crippen molar-refractivity contribution in [3.63, 3.8) is 0 Å². The molecule has 1 saturated carbocycles. The first-order valence-corrected chi connectivity index (χ1v) is 14.3. The summed E-state index contributed by atoms with van der Waals surface area (Å²) in [5, 5.41) is 17.3. The summed E-state index contributed by atoms with van der Waals surface area (Å²) in [6.07, 6.45) is 1.38. The molecule has 2 aromatic heterocycles. The number of fused-ring (bicyclic) bond motifs is 1. The Balaban J connectivity index is 1.38. The van der Waals surface area contributed by atoms with Gasteiger partial charge in [0.15, 0.2) is 5.82 Å². The molecule has 218 valence electrons. The fourth-order valence-corrected chi connectivity index (χ4v) is 5.59. The van der Waals surface area contributed by atoms with Gasteiger partial charge < -0.3 is 25.4 Å². The van der Waals surface area contributed by atoms with E-state index in [1.807, 2.05) is 26.8 Å². The van der Waals surface area contributed by atoms with Gasteiger partial charge in [-0.15, -0.1) is 0 Å². The molecule has 3 N–H and O–H groups in total. The number of para-hydroxylation sites is 2. The number of nitrogens with zero attached hydrogens (tertiary/aromatic N) is 5. The van der Waals surface area contributed by atoms with E-state index >= 15 is 0 Å². The van der Waals surface area contributed by atoms with Gasteiger partial charge in [-0.2, -0.15) is 9.97 Å². The van der Waals surface area contributed by atoms with Crippen LogP contribution in [0.3, 0.4) is 0 Å². The molecule has 40 heavy (non-hydrogen) atoms. The lowest BCUT2D eigenvalue weighted by atomic mass is 9.85. The van der Waals surface area contributed by atoms with Gasteiger partial charge in [-0.05, 0) is 71.4 Å². The fourth-order valence-electron chi connectivity index (χ4n) is 5.59. The summed E-state index contributed by atoms with van der Waals surface area (Å²) in [7, 11) is 0. The molecule has 0 bridgehead atoms. The molecular formula is C29H41F2N7O2. The van der Waals surface area contributed by atoms with Crippen LogP contribution in [0.2, 0.25) is 0 Å². The lowest BCUT2D eigenvalue weighted by molar-refractivity contribution is 0.0368. The molecular weight excluding hydrogens is 516 g/mol. The molecule has 3 aromatic rings. The summed E-state index contributed by atoms with van der Waals surface area (Å²) in [4.78, 5) is 15.9. The highest BCUT2D eigenvalue weighted by molar-refractivity contribution is 5.78. The Morgan fingerprint density at radius 2 is 1.82 bits per heavy atom. The number of hydrogen-bond acceptors (Lipinski definition) is 8. The highest BCUT2D eigenvalue weighted by Gasteiger charge is 2.29. The van der Waals surface area contributed by atoms with Crippen LogP contribution in [0.15, 0.2) is 30.3 Å². The van der Waals surface area contributed by atoms with Crippen LogP contribution in [-0.4, -0.2) is 74.7 Å². The Kier molecular flexibility index (Phi) is 8.53. The third-order valence-electron chi connectivity index (χ3n) is 8.31. The average molecular weight is 558 g/mol. The van der Waals surface area contributed by atoms with Gasteiger partial charge in [0, 0.05) is 31.2 Å². The first kappa shape index (κ1) is 28.6. The van der Waals surface area contributed by atoms with Crippen molar-refractivity contribution in [1.82, 2.24) is 24.8 Å². The third-order valence-corrected chi connectivity index (χ3v) is 8.31. The summed E-state index contributed by atoms with van der Waals surface area (Å²) >= 11 is 0. The van der Waals surface area contributed by atoms with Crippen molar-refractivity contribution in [3.05, 3.63) is 36.2 Å². The monoisotopic (exact) mass is 557 g/mol. The first-order valence-electron chi connectivity index (χ1n) is 14.3. The van der Waals surface area contributed by atoms with Crippen LogP contribution < -0.4 is 15.5 Å². The number of nitrogens with one attached hydrogen (secondary N) is 2. The van der Waals surface area contributed by atoms with Crippen molar-refractivity contribution in [2.45, 2.75) is 83.5 Å². The van der Waals surface area contributed by atoms with Crippen LogP contribution in [0.1, 0.15) is 65.6 Å². The molecule has 1 aliphatic carbocycles. The van der Waals surface area contributed by atoms with Crippen LogP contribution in [-0.2, 0) is 4.74 Å². The summed E-state index contributed by atoms with van der Waals surface area (Å²) in [5.74, 6) is 1.57. The van der Waals surface area contributed by atoms with E-state index in [0.29, 0.717) is 66.9 Å². The molecule has 2 fully saturated rings. The van der Waals surface area contributed by atoms with E-state index in [4.69, 9.17) is 14.7 Å². The van der Waals surface area contributed by atoms with Gasteiger partial charge in [-0.25, -0.2) is 13.8 Å². The van der Waals surface area contributed by atoms with Crippen molar-refractivity contribution in [3.8, 4) is 5.82 Å². The Bertz CT molecular complexity index is 1290. The maximum Gasteiger partial charge on any atom is 0.296 e. The van der Waals surface area contributed by atoms with Crippen molar-refractivity contribution >= 4 is 22.8 Å². The molecule has 3 heterocycles. The first-order chi connectivity index (χ1) is 19.1. The highest BCUT2D eigenvalue weighted by atomic mass is 19.3. The van der Waals surface area contributed by atoms with Crippen molar-refractivity contribution in [1.29, 1.82) is 0 Å². The molecule has 0 spiro atoms. The second-order valence-corrected chi connectivity index (χ2v) is 11.8. The van der Waals surface area contributed by atoms with Crippen LogP contribution in [0.25, 0.3) is 16.9 Å². The third kappa shape index (κ3) is 6.37. The SMILES string of the molecule is CC(NC1CCC(CNc2nc(N3CCOC[C@@H]3C)cc(-n3c(C(F)F)nc4ccccc43)n2)CC1)C(C)(C)O. The average Bonchev–Trinajstić information content (AvgIpc) is 3.32. The van der Waals surface area contributed by atoms with Crippen molar-refractivity contribution < 1.29 is 18.6 Å². The number of benzene rings is 1. The Hall–Kier alpha value is -2.89. The topological polar surface area (TPSA) is 100 Å². The van der Waals surface area contributed by atoms with E-state index in [2.05, 4.69) is 27.4 Å². The minimum absolute atomic E-state index is 0.0155. The van der Waals surface area contributed by atoms with Crippen molar-refractivity contribution in [2.75, 3.05) is 36.5 Å². The zero-order valence-electron chi connectivity index (χ0n) is 23.8. The normalized spacial score (nSPS) is 23.1. The molecule has 5 rings (SSSR count). The van der Waals surface area contributed by atoms with Crippen LogP contribution in [0, 0.1) is 5.92 Å². The smallest absolute Gasteiger partial charge is 0.296 e. The number of ether oxygens (including phenoxy) is 1. The molecule has 2 atom stereocenters. The zero-order valence-corrected chi connectivity index (χ0v) is 23.8. The van der Waals surface area contributed by atoms with Crippen LogP contribution in [0.5, 0.6) is 0 Å². The molecule has 1 aromatic carbocycles. The lowest BCUT2D eigenvalue weighted by Crippen LogP contribution is -2.49. The molecule has 0 radical (unpaired) electrons. The van der Waals surface area contributed by atoms with Crippen LogP contribution in [0.4, 0.5) is 20.5 Å². The lowest BCUT2D eigenvalue weighted by Gasteiger charge is -2.35. The Morgan fingerprint density at radius 3 is 2.52 bits per heavy atom. The quantitative estimate of drug-likeness (QED) is 0.348. The summed E-state index contributed by atoms with van der Waals surface area (Å²) in [6.45, 7) is 10.2. The van der Waals surface area contributed by atoms with E-state index in [0.717, 1.165) is 25.7 Å². The number of morpholine rings is 1. The predicted octanol–water partition coefficient (Wildman–Crippen LogP) is 4.70. The van der Waals surface area contributed by atoms with E-state index in [1.165, 1.54) is 4.57 Å². The summed E-state index contributed by atoms with van der Waals surface area (Å²) in [5.41, 5.74) is 0.312. The molecule has 1 unspecified atom stereocenters. The minimum Gasteiger partial charge on any atom is -0.389 e. The standard InChI is InChI=1S/C29H41F2N7O2/c1-18-17-40-14-13-37(18)24-15-25(38-23-8-6-5-7-22(23)34-27(38)26(30)31)36-28(35-24)32-16-20-9-11-21(12-10-20)33-19(2)29(3,4)39/h5-8,15,18-21,26,33,39H,9-14,16-17H2,1-4H3,(H,32,35,36)/t18-,19?,20?,21?/m0/s1. The Morgan fingerprint density at radius 1 is 1.10 bits per heavy atom. The number of hydrogen-bond donors (Lipinski definition) is 3.